The normalized spacial score (nSPS) is 20.8. The zero-order valence-electron chi connectivity index (χ0n) is 17.1. The third-order valence-corrected chi connectivity index (χ3v) is 5.22. The van der Waals surface area contributed by atoms with Gasteiger partial charge in [-0.1, -0.05) is 5.16 Å². The number of ether oxygens (including phenoxy) is 2. The SMILES string of the molecule is CC(C)(C)OC(=O)N1CCC(c2noc(-c3cnnc(C4CCOC4)c3)n2)CC1. The number of piperidine rings is 1. The highest BCUT2D eigenvalue weighted by atomic mass is 16.6. The molecule has 2 saturated heterocycles. The molecule has 0 spiro atoms. The lowest BCUT2D eigenvalue weighted by Crippen LogP contribution is -2.41. The largest absolute Gasteiger partial charge is 0.444 e. The molecule has 0 aliphatic carbocycles. The van der Waals surface area contributed by atoms with Crippen LogP contribution in [0.15, 0.2) is 16.8 Å². The van der Waals surface area contributed by atoms with E-state index in [2.05, 4.69) is 20.3 Å². The second kappa shape index (κ2) is 8.06. The fourth-order valence-corrected chi connectivity index (χ4v) is 3.63. The van der Waals surface area contributed by atoms with Crippen molar-refractivity contribution in [1.29, 1.82) is 0 Å². The molecule has 2 aliphatic rings. The van der Waals surface area contributed by atoms with Crippen molar-refractivity contribution in [2.75, 3.05) is 26.3 Å². The molecule has 0 aromatic carbocycles. The van der Waals surface area contributed by atoms with Crippen molar-refractivity contribution in [3.63, 3.8) is 0 Å². The molecule has 9 heteroatoms. The summed E-state index contributed by atoms with van der Waals surface area (Å²) in [5, 5.41) is 12.5. The highest BCUT2D eigenvalue weighted by molar-refractivity contribution is 5.68. The van der Waals surface area contributed by atoms with Crippen LogP contribution in [0, 0.1) is 0 Å². The van der Waals surface area contributed by atoms with Crippen LogP contribution in [-0.4, -0.2) is 63.2 Å². The van der Waals surface area contributed by atoms with Crippen molar-refractivity contribution < 1.29 is 18.8 Å². The zero-order chi connectivity index (χ0) is 20.4. The lowest BCUT2D eigenvalue weighted by atomic mass is 9.96. The van der Waals surface area contributed by atoms with E-state index in [0.717, 1.165) is 37.1 Å². The Bertz CT molecular complexity index is 849. The molecule has 0 saturated carbocycles. The molecule has 4 heterocycles. The van der Waals surface area contributed by atoms with Gasteiger partial charge in [-0.2, -0.15) is 15.2 Å². The minimum atomic E-state index is -0.488. The quantitative estimate of drug-likeness (QED) is 0.773. The number of hydrogen-bond donors (Lipinski definition) is 0. The van der Waals surface area contributed by atoms with Gasteiger partial charge in [0.2, 0.25) is 0 Å². The lowest BCUT2D eigenvalue weighted by Gasteiger charge is -2.32. The van der Waals surface area contributed by atoms with Gasteiger partial charge in [0.05, 0.1) is 24.1 Å². The van der Waals surface area contributed by atoms with E-state index in [-0.39, 0.29) is 17.9 Å². The van der Waals surface area contributed by atoms with Gasteiger partial charge in [-0.3, -0.25) is 0 Å². The summed E-state index contributed by atoms with van der Waals surface area (Å²) in [6, 6.07) is 1.95. The molecule has 29 heavy (non-hydrogen) atoms. The first-order valence-corrected chi connectivity index (χ1v) is 10.1. The molecule has 1 unspecified atom stereocenters. The maximum atomic E-state index is 12.2. The fourth-order valence-electron chi connectivity index (χ4n) is 3.63. The van der Waals surface area contributed by atoms with Crippen molar-refractivity contribution in [2.24, 2.45) is 0 Å². The first-order valence-electron chi connectivity index (χ1n) is 10.1. The molecule has 0 bridgehead atoms. The van der Waals surface area contributed by atoms with E-state index in [1.807, 2.05) is 26.8 Å². The Kier molecular flexibility index (Phi) is 5.49. The molecule has 2 aliphatic heterocycles. The average Bonchev–Trinajstić information content (AvgIpc) is 3.39. The molecule has 1 amide bonds. The summed E-state index contributed by atoms with van der Waals surface area (Å²) in [5.74, 6) is 1.54. The van der Waals surface area contributed by atoms with Crippen LogP contribution >= 0.6 is 0 Å². The molecule has 0 N–H and O–H groups in total. The zero-order valence-corrected chi connectivity index (χ0v) is 17.1. The monoisotopic (exact) mass is 401 g/mol. The molecule has 2 aromatic rings. The molecule has 2 fully saturated rings. The second-order valence-electron chi connectivity index (χ2n) is 8.63. The van der Waals surface area contributed by atoms with Crippen LogP contribution in [0.1, 0.15) is 63.4 Å². The third kappa shape index (κ3) is 4.72. The molecule has 156 valence electrons. The summed E-state index contributed by atoms with van der Waals surface area (Å²) in [5.41, 5.74) is 1.18. The molecular weight excluding hydrogens is 374 g/mol. The van der Waals surface area contributed by atoms with E-state index in [4.69, 9.17) is 14.0 Å². The summed E-state index contributed by atoms with van der Waals surface area (Å²) in [4.78, 5) is 18.6. The van der Waals surface area contributed by atoms with Gasteiger partial charge in [-0.25, -0.2) is 4.79 Å². The van der Waals surface area contributed by atoms with Gasteiger partial charge in [-0.05, 0) is 46.1 Å². The van der Waals surface area contributed by atoms with Gasteiger partial charge < -0.3 is 18.9 Å². The summed E-state index contributed by atoms with van der Waals surface area (Å²) in [6.45, 7) is 8.28. The maximum Gasteiger partial charge on any atom is 0.410 e. The first kappa shape index (κ1) is 19.8. The summed E-state index contributed by atoms with van der Waals surface area (Å²) in [7, 11) is 0. The Hall–Kier alpha value is -2.55. The van der Waals surface area contributed by atoms with Gasteiger partial charge in [0.25, 0.3) is 5.89 Å². The van der Waals surface area contributed by atoms with Crippen LogP contribution in [0.4, 0.5) is 4.79 Å². The van der Waals surface area contributed by atoms with Crippen molar-refractivity contribution >= 4 is 6.09 Å². The van der Waals surface area contributed by atoms with E-state index in [1.54, 1.807) is 11.1 Å². The van der Waals surface area contributed by atoms with Gasteiger partial charge in [-0.15, -0.1) is 0 Å². The van der Waals surface area contributed by atoms with Gasteiger partial charge >= 0.3 is 6.09 Å². The fraction of sp³-hybridized carbons (Fsp3) is 0.650. The number of rotatable bonds is 3. The summed E-state index contributed by atoms with van der Waals surface area (Å²) < 4.78 is 16.4. The van der Waals surface area contributed by atoms with Crippen LogP contribution in [0.2, 0.25) is 0 Å². The number of carbonyl (C=O) groups excluding carboxylic acids is 1. The Morgan fingerprint density at radius 2 is 2.00 bits per heavy atom. The summed E-state index contributed by atoms with van der Waals surface area (Å²) >= 11 is 0. The topological polar surface area (TPSA) is 103 Å². The van der Waals surface area contributed by atoms with Gasteiger partial charge in [0.1, 0.15) is 5.60 Å². The highest BCUT2D eigenvalue weighted by Crippen LogP contribution is 2.30. The van der Waals surface area contributed by atoms with Gasteiger partial charge in [0, 0.05) is 31.5 Å². The number of amides is 1. The molecule has 4 rings (SSSR count). The van der Waals surface area contributed by atoms with Crippen molar-refractivity contribution in [3.05, 3.63) is 23.8 Å². The molecule has 2 aromatic heterocycles. The van der Waals surface area contributed by atoms with Crippen molar-refractivity contribution in [1.82, 2.24) is 25.2 Å². The van der Waals surface area contributed by atoms with Crippen LogP contribution in [0.5, 0.6) is 0 Å². The predicted molar refractivity (Wildman–Crippen MR) is 103 cm³/mol. The smallest absolute Gasteiger partial charge is 0.410 e. The standard InChI is InChI=1S/C20H27N5O4/c1-20(2,3)28-19(26)25-7-4-13(5-8-25)17-22-18(29-24-17)15-10-16(23-21-11-15)14-6-9-27-12-14/h10-11,13-14H,4-9,12H2,1-3H3. The van der Waals surface area contributed by atoms with Crippen molar-refractivity contribution in [2.45, 2.75) is 57.5 Å². The molecular formula is C20H27N5O4. The van der Waals surface area contributed by atoms with E-state index < -0.39 is 5.60 Å². The first-order chi connectivity index (χ1) is 13.9. The minimum Gasteiger partial charge on any atom is -0.444 e. The van der Waals surface area contributed by atoms with E-state index in [1.165, 1.54) is 0 Å². The lowest BCUT2D eigenvalue weighted by molar-refractivity contribution is 0.0203. The van der Waals surface area contributed by atoms with Crippen molar-refractivity contribution in [3.8, 4) is 11.5 Å². The van der Waals surface area contributed by atoms with E-state index in [9.17, 15) is 4.79 Å². The predicted octanol–water partition coefficient (Wildman–Crippen LogP) is 3.15. The highest BCUT2D eigenvalue weighted by Gasteiger charge is 2.30. The minimum absolute atomic E-state index is 0.156. The second-order valence-corrected chi connectivity index (χ2v) is 8.63. The number of likely N-dealkylation sites (tertiary alicyclic amines) is 1. The Morgan fingerprint density at radius 3 is 2.69 bits per heavy atom. The number of hydrogen-bond acceptors (Lipinski definition) is 8. The average molecular weight is 401 g/mol. The van der Waals surface area contributed by atoms with Crippen LogP contribution in [-0.2, 0) is 9.47 Å². The Labute approximate surface area is 169 Å². The molecule has 9 nitrogen and oxygen atoms in total. The van der Waals surface area contributed by atoms with Crippen LogP contribution in [0.3, 0.4) is 0 Å². The summed E-state index contributed by atoms with van der Waals surface area (Å²) in [6.07, 6.45) is 3.87. The van der Waals surface area contributed by atoms with Crippen LogP contribution < -0.4 is 0 Å². The molecule has 0 radical (unpaired) electrons. The maximum absolute atomic E-state index is 12.2. The number of nitrogens with zero attached hydrogens (tertiary/aromatic N) is 5. The molecule has 1 atom stereocenters. The van der Waals surface area contributed by atoms with E-state index >= 15 is 0 Å². The number of carbonyl (C=O) groups is 1. The Balaban J connectivity index is 1.39. The third-order valence-electron chi connectivity index (χ3n) is 5.22. The van der Waals surface area contributed by atoms with Gasteiger partial charge in [0.15, 0.2) is 5.82 Å². The number of aromatic nitrogens is 4. The van der Waals surface area contributed by atoms with Crippen LogP contribution in [0.25, 0.3) is 11.5 Å². The Morgan fingerprint density at radius 1 is 1.21 bits per heavy atom. The van der Waals surface area contributed by atoms with E-state index in [0.29, 0.717) is 31.4 Å².